The van der Waals surface area contributed by atoms with Crippen LogP contribution in [0.3, 0.4) is 0 Å². The molecule has 5 heteroatoms. The van der Waals surface area contributed by atoms with Crippen LogP contribution in [-0.2, 0) is 13.6 Å². The van der Waals surface area contributed by atoms with Crippen molar-refractivity contribution in [2.45, 2.75) is 13.5 Å². The molecule has 0 atom stereocenters. The van der Waals surface area contributed by atoms with Crippen LogP contribution in [0.15, 0.2) is 54.9 Å². The number of nitrogens with one attached hydrogen (secondary N) is 2. The molecule has 0 saturated heterocycles. The van der Waals surface area contributed by atoms with E-state index in [1.54, 1.807) is 42.7 Å². The van der Waals surface area contributed by atoms with Gasteiger partial charge in [0, 0.05) is 47.5 Å². The molecule has 0 aliphatic heterocycles. The Kier molecular flexibility index (Phi) is 4.33. The van der Waals surface area contributed by atoms with Crippen LogP contribution >= 0.6 is 0 Å². The lowest BCUT2D eigenvalue weighted by molar-refractivity contribution is 0.0948. The number of carbonyl (C=O) groups excluding carboxylic acids is 2. The molecule has 24 heavy (non-hydrogen) atoms. The van der Waals surface area contributed by atoms with Crippen molar-refractivity contribution < 1.29 is 9.59 Å². The SMILES string of the molecule is Cc1ccc(CNC(=O)c2ccc(C(=O)c3cc[nH]c3)cc2)n1C. The lowest BCUT2D eigenvalue weighted by Crippen LogP contribution is -2.24. The Balaban J connectivity index is 1.65. The molecular weight excluding hydrogens is 302 g/mol. The van der Waals surface area contributed by atoms with Gasteiger partial charge in [0.15, 0.2) is 5.78 Å². The van der Waals surface area contributed by atoms with E-state index in [-0.39, 0.29) is 11.7 Å². The number of carbonyl (C=O) groups is 2. The Morgan fingerprint density at radius 3 is 2.29 bits per heavy atom. The summed E-state index contributed by atoms with van der Waals surface area (Å²) >= 11 is 0. The van der Waals surface area contributed by atoms with Crippen LogP contribution in [0.5, 0.6) is 0 Å². The highest BCUT2D eigenvalue weighted by atomic mass is 16.1. The zero-order valence-corrected chi connectivity index (χ0v) is 13.7. The second-order valence-electron chi connectivity index (χ2n) is 5.71. The van der Waals surface area contributed by atoms with Crippen molar-refractivity contribution in [1.82, 2.24) is 14.9 Å². The molecule has 0 saturated carbocycles. The molecule has 0 spiro atoms. The molecule has 0 aliphatic carbocycles. The second-order valence-corrected chi connectivity index (χ2v) is 5.71. The van der Waals surface area contributed by atoms with Gasteiger partial charge in [0.05, 0.1) is 6.54 Å². The highest BCUT2D eigenvalue weighted by Crippen LogP contribution is 2.11. The van der Waals surface area contributed by atoms with Crippen molar-refractivity contribution in [3.8, 4) is 0 Å². The van der Waals surface area contributed by atoms with Gasteiger partial charge >= 0.3 is 0 Å². The third kappa shape index (κ3) is 3.15. The zero-order chi connectivity index (χ0) is 17.1. The first kappa shape index (κ1) is 15.8. The highest BCUT2D eigenvalue weighted by Gasteiger charge is 2.11. The highest BCUT2D eigenvalue weighted by molar-refractivity contribution is 6.09. The van der Waals surface area contributed by atoms with Crippen LogP contribution in [0.4, 0.5) is 0 Å². The minimum atomic E-state index is -0.158. The van der Waals surface area contributed by atoms with Crippen molar-refractivity contribution in [1.29, 1.82) is 0 Å². The number of hydrogen-bond donors (Lipinski definition) is 2. The number of aryl methyl sites for hydroxylation is 1. The van der Waals surface area contributed by atoms with E-state index in [0.717, 1.165) is 11.4 Å². The Hall–Kier alpha value is -3.08. The number of rotatable bonds is 5. The molecule has 1 aromatic carbocycles. The van der Waals surface area contributed by atoms with Crippen molar-refractivity contribution in [2.75, 3.05) is 0 Å². The van der Waals surface area contributed by atoms with Gasteiger partial charge in [-0.1, -0.05) is 12.1 Å². The minimum Gasteiger partial charge on any atom is -0.367 e. The maximum atomic E-state index is 12.2. The Morgan fingerprint density at radius 1 is 1.00 bits per heavy atom. The minimum absolute atomic E-state index is 0.0671. The van der Waals surface area contributed by atoms with Crippen LogP contribution in [0.25, 0.3) is 0 Å². The topological polar surface area (TPSA) is 66.9 Å². The normalized spacial score (nSPS) is 10.6. The van der Waals surface area contributed by atoms with Gasteiger partial charge in [0.2, 0.25) is 0 Å². The standard InChI is InChI=1S/C19H19N3O2/c1-13-3-8-17(22(13)2)12-21-19(24)15-6-4-14(5-7-15)18(23)16-9-10-20-11-16/h3-11,20H,12H2,1-2H3,(H,21,24). The maximum absolute atomic E-state index is 12.2. The number of aromatic amines is 1. The molecular formula is C19H19N3O2. The number of aromatic nitrogens is 2. The van der Waals surface area contributed by atoms with Crippen LogP contribution in [0.1, 0.15) is 37.7 Å². The molecule has 0 radical (unpaired) electrons. The van der Waals surface area contributed by atoms with Gasteiger partial charge in [0.1, 0.15) is 0 Å². The molecule has 0 fully saturated rings. The van der Waals surface area contributed by atoms with Gasteiger partial charge in [-0.25, -0.2) is 0 Å². The van der Waals surface area contributed by atoms with Crippen LogP contribution in [0, 0.1) is 6.92 Å². The Labute approximate surface area is 140 Å². The van der Waals surface area contributed by atoms with Crippen molar-refractivity contribution >= 4 is 11.7 Å². The molecule has 3 aromatic rings. The molecule has 2 heterocycles. The number of benzene rings is 1. The van der Waals surface area contributed by atoms with Crippen LogP contribution in [-0.4, -0.2) is 21.2 Å². The number of hydrogen-bond acceptors (Lipinski definition) is 2. The first-order chi connectivity index (χ1) is 11.6. The largest absolute Gasteiger partial charge is 0.367 e. The third-order valence-corrected chi connectivity index (χ3v) is 4.18. The number of H-pyrrole nitrogens is 1. The summed E-state index contributed by atoms with van der Waals surface area (Å²) in [5, 5.41) is 2.90. The summed E-state index contributed by atoms with van der Waals surface area (Å²) in [7, 11) is 1.97. The average Bonchev–Trinajstić information content (AvgIpc) is 3.24. The fourth-order valence-electron chi connectivity index (χ4n) is 2.52. The van der Waals surface area contributed by atoms with E-state index in [9.17, 15) is 9.59 Å². The summed E-state index contributed by atoms with van der Waals surface area (Å²) in [5.74, 6) is -0.225. The van der Waals surface area contributed by atoms with Gasteiger partial charge in [-0.2, -0.15) is 0 Å². The molecule has 5 nitrogen and oxygen atoms in total. The smallest absolute Gasteiger partial charge is 0.251 e. The maximum Gasteiger partial charge on any atom is 0.251 e. The molecule has 0 aliphatic rings. The van der Waals surface area contributed by atoms with Crippen molar-refractivity contribution in [2.24, 2.45) is 7.05 Å². The monoisotopic (exact) mass is 321 g/mol. The summed E-state index contributed by atoms with van der Waals surface area (Å²) in [6.07, 6.45) is 3.37. The van der Waals surface area contributed by atoms with E-state index in [1.165, 1.54) is 0 Å². The van der Waals surface area contributed by atoms with E-state index in [1.807, 2.05) is 30.7 Å². The van der Waals surface area contributed by atoms with E-state index in [0.29, 0.717) is 23.2 Å². The van der Waals surface area contributed by atoms with E-state index >= 15 is 0 Å². The first-order valence-corrected chi connectivity index (χ1v) is 7.73. The molecule has 3 rings (SSSR count). The summed E-state index contributed by atoms with van der Waals surface area (Å²) in [6.45, 7) is 2.48. The average molecular weight is 321 g/mol. The fraction of sp³-hybridized carbons (Fsp3) is 0.158. The number of ketones is 1. The van der Waals surface area contributed by atoms with E-state index in [4.69, 9.17) is 0 Å². The molecule has 2 aromatic heterocycles. The number of nitrogens with zero attached hydrogens (tertiary/aromatic N) is 1. The van der Waals surface area contributed by atoms with Gasteiger partial charge < -0.3 is 14.9 Å². The summed E-state index contributed by atoms with van der Waals surface area (Å²) in [4.78, 5) is 27.3. The zero-order valence-electron chi connectivity index (χ0n) is 13.7. The van der Waals surface area contributed by atoms with Gasteiger partial charge in [-0.05, 0) is 37.3 Å². The van der Waals surface area contributed by atoms with Crippen molar-refractivity contribution in [3.05, 3.63) is 82.9 Å². The Bertz CT molecular complexity index is 859. The van der Waals surface area contributed by atoms with E-state index < -0.39 is 0 Å². The van der Waals surface area contributed by atoms with Gasteiger partial charge in [-0.3, -0.25) is 9.59 Å². The Morgan fingerprint density at radius 2 is 1.71 bits per heavy atom. The van der Waals surface area contributed by atoms with Gasteiger partial charge in [0.25, 0.3) is 5.91 Å². The van der Waals surface area contributed by atoms with Crippen LogP contribution < -0.4 is 5.32 Å². The molecule has 0 unspecified atom stereocenters. The lowest BCUT2D eigenvalue weighted by Gasteiger charge is -2.08. The molecule has 122 valence electrons. The molecule has 0 bridgehead atoms. The number of amides is 1. The quantitative estimate of drug-likeness (QED) is 0.710. The lowest BCUT2D eigenvalue weighted by atomic mass is 10.0. The summed E-state index contributed by atoms with van der Waals surface area (Å²) in [6, 6.07) is 12.4. The predicted molar refractivity (Wildman–Crippen MR) is 92.0 cm³/mol. The predicted octanol–water partition coefficient (Wildman–Crippen LogP) is 2.82. The fourth-order valence-corrected chi connectivity index (χ4v) is 2.52. The van der Waals surface area contributed by atoms with Crippen LogP contribution in [0.2, 0.25) is 0 Å². The van der Waals surface area contributed by atoms with E-state index in [2.05, 4.69) is 10.3 Å². The second kappa shape index (κ2) is 6.58. The molecule has 1 amide bonds. The summed E-state index contributed by atoms with van der Waals surface area (Å²) in [5.41, 5.74) is 3.88. The molecule has 2 N–H and O–H groups in total. The summed E-state index contributed by atoms with van der Waals surface area (Å²) < 4.78 is 2.04. The first-order valence-electron chi connectivity index (χ1n) is 7.73. The van der Waals surface area contributed by atoms with Gasteiger partial charge in [-0.15, -0.1) is 0 Å². The third-order valence-electron chi connectivity index (χ3n) is 4.18. The van der Waals surface area contributed by atoms with Crippen molar-refractivity contribution in [3.63, 3.8) is 0 Å².